The molecular weight excluding hydrogens is 402 g/mol. The van der Waals surface area contributed by atoms with Crippen LogP contribution in [0.4, 0.5) is 0 Å². The fourth-order valence-corrected chi connectivity index (χ4v) is 4.47. The number of rotatable bonds is 8. The number of thiophene rings is 1. The minimum absolute atomic E-state index is 0.144. The average molecular weight is 430 g/mol. The fraction of sp³-hybridized carbons (Fsp3) is 0.409. The smallest absolute Gasteiger partial charge is 0.340 e. The average Bonchev–Trinajstić information content (AvgIpc) is 3.20. The number of hydrogen-bond donors (Lipinski definition) is 0. The van der Waals surface area contributed by atoms with E-state index in [-0.39, 0.29) is 23.6 Å². The molecule has 0 radical (unpaired) electrons. The van der Waals surface area contributed by atoms with Gasteiger partial charge in [0, 0.05) is 19.0 Å². The summed E-state index contributed by atoms with van der Waals surface area (Å²) < 4.78 is 8.20. The van der Waals surface area contributed by atoms with Crippen LogP contribution in [0, 0.1) is 0 Å². The molecule has 0 amide bonds. The highest BCUT2D eigenvalue weighted by Crippen LogP contribution is 2.23. The molecule has 0 aliphatic heterocycles. The summed E-state index contributed by atoms with van der Waals surface area (Å²) in [5.41, 5.74) is 0.168. The number of ether oxygens (including phenoxy) is 1. The molecule has 0 bridgehead atoms. The molecule has 7 nitrogen and oxygen atoms in total. The molecule has 30 heavy (non-hydrogen) atoms. The lowest BCUT2D eigenvalue weighted by Gasteiger charge is -2.22. The largest absolute Gasteiger partial charge is 0.458 e. The number of esters is 1. The second kappa shape index (κ2) is 9.40. The lowest BCUT2D eigenvalue weighted by Crippen LogP contribution is -2.39. The third-order valence-electron chi connectivity index (χ3n) is 5.17. The van der Waals surface area contributed by atoms with Crippen LogP contribution in [0.15, 0.2) is 45.3 Å². The van der Waals surface area contributed by atoms with Crippen molar-refractivity contribution in [2.75, 3.05) is 19.6 Å². The molecule has 0 fully saturated rings. The van der Waals surface area contributed by atoms with Crippen LogP contribution in [0.3, 0.4) is 0 Å². The van der Waals surface area contributed by atoms with E-state index in [1.54, 1.807) is 12.4 Å². The Kier molecular flexibility index (Phi) is 6.89. The Morgan fingerprint density at radius 3 is 2.47 bits per heavy atom. The summed E-state index contributed by atoms with van der Waals surface area (Å²) in [4.78, 5) is 41.4. The van der Waals surface area contributed by atoms with Gasteiger partial charge < -0.3 is 9.64 Å². The highest BCUT2D eigenvalue weighted by Gasteiger charge is 2.23. The van der Waals surface area contributed by atoms with E-state index < -0.39 is 17.2 Å². The molecule has 0 N–H and O–H groups in total. The summed E-state index contributed by atoms with van der Waals surface area (Å²) in [6.07, 6.45) is -0.313. The van der Waals surface area contributed by atoms with E-state index in [1.807, 2.05) is 37.3 Å². The van der Waals surface area contributed by atoms with Gasteiger partial charge in [0.1, 0.15) is 10.9 Å². The number of fused-ring (bicyclic) bond motifs is 1. The van der Waals surface area contributed by atoms with Crippen molar-refractivity contribution in [2.45, 2.75) is 33.4 Å². The summed E-state index contributed by atoms with van der Waals surface area (Å²) in [5.74, 6) is -0.539. The molecule has 0 saturated carbocycles. The molecule has 2 aromatic heterocycles. The van der Waals surface area contributed by atoms with Gasteiger partial charge in [0.2, 0.25) is 0 Å². The van der Waals surface area contributed by atoms with Crippen LogP contribution >= 0.6 is 11.3 Å². The van der Waals surface area contributed by atoms with Crippen molar-refractivity contribution in [1.82, 2.24) is 14.0 Å². The zero-order chi connectivity index (χ0) is 21.8. The summed E-state index contributed by atoms with van der Waals surface area (Å²) in [6.45, 7) is 8.45. The highest BCUT2D eigenvalue weighted by atomic mass is 32.1. The van der Waals surface area contributed by atoms with Gasteiger partial charge in [-0.3, -0.25) is 13.9 Å². The van der Waals surface area contributed by atoms with Gasteiger partial charge in [-0.15, -0.1) is 11.3 Å². The molecular formula is C22H27N3O4S. The topological polar surface area (TPSA) is 73.5 Å². The molecule has 1 unspecified atom stereocenters. The van der Waals surface area contributed by atoms with Crippen molar-refractivity contribution in [1.29, 1.82) is 0 Å². The number of nitrogens with zero attached hydrogens (tertiary/aromatic N) is 3. The zero-order valence-electron chi connectivity index (χ0n) is 17.8. The van der Waals surface area contributed by atoms with Gasteiger partial charge in [0.25, 0.3) is 5.56 Å². The summed E-state index contributed by atoms with van der Waals surface area (Å²) in [7, 11) is 1.61. The van der Waals surface area contributed by atoms with Gasteiger partial charge in [0.05, 0.1) is 17.5 Å². The molecule has 2 heterocycles. The van der Waals surface area contributed by atoms with E-state index in [9.17, 15) is 14.4 Å². The molecule has 3 rings (SSSR count). The normalized spacial score (nSPS) is 12.4. The van der Waals surface area contributed by atoms with Crippen LogP contribution in [0.25, 0.3) is 10.2 Å². The number of carbonyl (C=O) groups is 1. The van der Waals surface area contributed by atoms with E-state index >= 15 is 0 Å². The predicted molar refractivity (Wildman–Crippen MR) is 120 cm³/mol. The Balaban J connectivity index is 1.98. The quantitative estimate of drug-likeness (QED) is 0.515. The van der Waals surface area contributed by atoms with E-state index in [0.29, 0.717) is 11.4 Å². The van der Waals surface area contributed by atoms with Crippen LogP contribution in [-0.4, -0.2) is 45.7 Å². The monoisotopic (exact) mass is 429 g/mol. The molecule has 0 aliphatic carbocycles. The number of aromatic nitrogens is 2. The molecule has 0 aliphatic rings. The fourth-order valence-electron chi connectivity index (χ4n) is 3.48. The zero-order valence-corrected chi connectivity index (χ0v) is 18.6. The highest BCUT2D eigenvalue weighted by molar-refractivity contribution is 7.17. The number of aryl methyl sites for hydroxylation is 1. The van der Waals surface area contributed by atoms with Crippen LogP contribution < -0.4 is 11.2 Å². The second-order valence-electron chi connectivity index (χ2n) is 7.25. The van der Waals surface area contributed by atoms with Gasteiger partial charge in [0.15, 0.2) is 0 Å². The Hall–Kier alpha value is -2.71. The Morgan fingerprint density at radius 2 is 1.83 bits per heavy atom. The lowest BCUT2D eigenvalue weighted by molar-refractivity contribution is 0.0263. The first-order valence-corrected chi connectivity index (χ1v) is 10.9. The molecule has 3 aromatic rings. The van der Waals surface area contributed by atoms with Crippen molar-refractivity contribution in [3.63, 3.8) is 0 Å². The standard InChI is InChI=1S/C22H27N3O4S/c1-5-24(6-2)12-15(3)29-21(27)17-14-30-20-18(17)19(26)25(22(28)23(20)4)13-16-10-8-7-9-11-16/h7-11,14-15H,5-6,12-13H2,1-4H3. The molecule has 8 heteroatoms. The van der Waals surface area contributed by atoms with Gasteiger partial charge in [-0.25, -0.2) is 9.59 Å². The summed E-state index contributed by atoms with van der Waals surface area (Å²) in [5, 5.41) is 1.84. The Morgan fingerprint density at radius 1 is 1.17 bits per heavy atom. The Bertz CT molecular complexity index is 1140. The van der Waals surface area contributed by atoms with Crippen molar-refractivity contribution in [3.05, 3.63) is 67.7 Å². The lowest BCUT2D eigenvalue weighted by atomic mass is 10.2. The van der Waals surface area contributed by atoms with Gasteiger partial charge in [-0.05, 0) is 25.6 Å². The van der Waals surface area contributed by atoms with E-state index in [1.165, 1.54) is 20.5 Å². The first-order chi connectivity index (χ1) is 14.4. The van der Waals surface area contributed by atoms with Crippen LogP contribution in [0.5, 0.6) is 0 Å². The third kappa shape index (κ3) is 4.39. The van der Waals surface area contributed by atoms with Crippen LogP contribution in [-0.2, 0) is 18.3 Å². The van der Waals surface area contributed by atoms with Crippen LogP contribution in [0.2, 0.25) is 0 Å². The number of hydrogen-bond acceptors (Lipinski definition) is 6. The van der Waals surface area contributed by atoms with Crippen molar-refractivity contribution in [2.24, 2.45) is 7.05 Å². The second-order valence-corrected chi connectivity index (χ2v) is 8.11. The molecule has 1 aromatic carbocycles. The van der Waals surface area contributed by atoms with Crippen molar-refractivity contribution >= 4 is 27.5 Å². The third-order valence-corrected chi connectivity index (χ3v) is 6.23. The van der Waals surface area contributed by atoms with Crippen molar-refractivity contribution in [3.8, 4) is 0 Å². The number of likely N-dealkylation sites (N-methyl/N-ethyl adjacent to an activating group) is 1. The SMILES string of the molecule is CCN(CC)CC(C)OC(=O)c1csc2c1c(=O)n(Cc1ccccc1)c(=O)n2C. The molecule has 1 atom stereocenters. The maximum absolute atomic E-state index is 13.2. The number of benzene rings is 1. The molecule has 0 spiro atoms. The minimum Gasteiger partial charge on any atom is -0.458 e. The summed E-state index contributed by atoms with van der Waals surface area (Å²) in [6, 6.07) is 9.30. The van der Waals surface area contributed by atoms with Gasteiger partial charge >= 0.3 is 11.7 Å². The molecule has 0 saturated heterocycles. The maximum atomic E-state index is 13.2. The summed E-state index contributed by atoms with van der Waals surface area (Å²) >= 11 is 1.20. The van der Waals surface area contributed by atoms with Crippen LogP contribution in [0.1, 0.15) is 36.7 Å². The van der Waals surface area contributed by atoms with Gasteiger partial charge in [-0.2, -0.15) is 0 Å². The first-order valence-electron chi connectivity index (χ1n) is 10.1. The predicted octanol–water partition coefficient (Wildman–Crippen LogP) is 2.70. The maximum Gasteiger partial charge on any atom is 0.340 e. The Labute approximate surface area is 179 Å². The minimum atomic E-state index is -0.539. The molecule has 160 valence electrons. The van der Waals surface area contributed by atoms with E-state index in [0.717, 1.165) is 18.7 Å². The van der Waals surface area contributed by atoms with Crippen molar-refractivity contribution < 1.29 is 9.53 Å². The van der Waals surface area contributed by atoms with E-state index in [4.69, 9.17) is 4.74 Å². The number of carbonyl (C=O) groups excluding carboxylic acids is 1. The first kappa shape index (κ1) is 22.0. The van der Waals surface area contributed by atoms with E-state index in [2.05, 4.69) is 18.7 Å². The van der Waals surface area contributed by atoms with Gasteiger partial charge in [-0.1, -0.05) is 44.2 Å².